The van der Waals surface area contributed by atoms with E-state index >= 15 is 0 Å². The second kappa shape index (κ2) is 11.1. The Morgan fingerprint density at radius 3 is 2.67 bits per heavy atom. The second-order valence-electron chi connectivity index (χ2n) is 7.51. The average molecular weight is 427 g/mol. The van der Waals surface area contributed by atoms with Crippen molar-refractivity contribution in [3.63, 3.8) is 0 Å². The lowest BCUT2D eigenvalue weighted by Gasteiger charge is -2.34. The van der Waals surface area contributed by atoms with Crippen molar-refractivity contribution in [1.82, 2.24) is 9.80 Å². The van der Waals surface area contributed by atoms with Crippen LogP contribution < -0.4 is 5.32 Å². The van der Waals surface area contributed by atoms with Gasteiger partial charge in [0.1, 0.15) is 6.07 Å². The van der Waals surface area contributed by atoms with Crippen LogP contribution in [0.15, 0.2) is 48.5 Å². The number of nitrogens with one attached hydrogen (secondary N) is 1. The molecule has 2 aromatic rings. The number of benzene rings is 2. The highest BCUT2D eigenvalue weighted by Crippen LogP contribution is 2.20. The van der Waals surface area contributed by atoms with E-state index in [0.717, 1.165) is 32.8 Å². The highest BCUT2D eigenvalue weighted by molar-refractivity contribution is 6.32. The minimum absolute atomic E-state index is 0.111. The number of anilines is 1. The zero-order valence-corrected chi connectivity index (χ0v) is 17.9. The fourth-order valence-corrected chi connectivity index (χ4v) is 3.75. The summed E-state index contributed by atoms with van der Waals surface area (Å²) in [6.07, 6.45) is 0. The van der Waals surface area contributed by atoms with Crippen molar-refractivity contribution in [2.45, 2.75) is 19.5 Å². The van der Waals surface area contributed by atoms with Gasteiger partial charge in [-0.05, 0) is 30.7 Å². The summed E-state index contributed by atoms with van der Waals surface area (Å²) in [7, 11) is 0. The molecule has 0 spiro atoms. The second-order valence-corrected chi connectivity index (χ2v) is 7.91. The van der Waals surface area contributed by atoms with Gasteiger partial charge >= 0.3 is 0 Å². The normalized spacial score (nSPS) is 15.5. The van der Waals surface area contributed by atoms with Gasteiger partial charge in [0.2, 0.25) is 5.91 Å². The number of carbonyl (C=O) groups is 1. The average Bonchev–Trinajstić information content (AvgIpc) is 2.75. The number of nitriles is 1. The zero-order chi connectivity index (χ0) is 21.3. The molecule has 6 nitrogen and oxygen atoms in total. The minimum atomic E-state index is -0.111. The molecule has 1 atom stereocenters. The number of nitrogens with zero attached hydrogens (tertiary/aromatic N) is 3. The zero-order valence-electron chi connectivity index (χ0n) is 17.2. The highest BCUT2D eigenvalue weighted by atomic mass is 35.5. The molecule has 0 aromatic heterocycles. The molecule has 0 radical (unpaired) electrons. The van der Waals surface area contributed by atoms with E-state index in [1.165, 1.54) is 5.56 Å². The first-order chi connectivity index (χ1) is 14.5. The van der Waals surface area contributed by atoms with Gasteiger partial charge < -0.3 is 10.1 Å². The Hall–Kier alpha value is -2.43. The van der Waals surface area contributed by atoms with Gasteiger partial charge in [-0.3, -0.25) is 14.6 Å². The number of carbonyl (C=O) groups excluding carboxylic acids is 1. The molecule has 0 bridgehead atoms. The van der Waals surface area contributed by atoms with Crippen molar-refractivity contribution < 1.29 is 9.53 Å². The van der Waals surface area contributed by atoms with Crippen molar-refractivity contribution >= 4 is 23.2 Å². The number of rotatable bonds is 8. The smallest absolute Gasteiger partial charge is 0.238 e. The maximum Gasteiger partial charge on any atom is 0.238 e. The summed E-state index contributed by atoms with van der Waals surface area (Å²) in [4.78, 5) is 17.3. The van der Waals surface area contributed by atoms with Gasteiger partial charge in [0, 0.05) is 37.9 Å². The van der Waals surface area contributed by atoms with Gasteiger partial charge in [-0.25, -0.2) is 0 Å². The van der Waals surface area contributed by atoms with Crippen LogP contribution in [0.1, 0.15) is 18.1 Å². The van der Waals surface area contributed by atoms with E-state index in [1.807, 2.05) is 24.3 Å². The largest absolute Gasteiger partial charge is 0.379 e. The first-order valence-corrected chi connectivity index (χ1v) is 10.5. The fourth-order valence-electron chi connectivity index (χ4n) is 3.53. The summed E-state index contributed by atoms with van der Waals surface area (Å²) in [5.41, 5.74) is 2.14. The van der Waals surface area contributed by atoms with Crippen LogP contribution >= 0.6 is 11.6 Å². The molecule has 1 saturated heterocycles. The molecule has 2 aromatic carbocycles. The van der Waals surface area contributed by atoms with Crippen molar-refractivity contribution in [1.29, 1.82) is 5.26 Å². The number of halogens is 1. The molecule has 1 N–H and O–H groups in total. The summed E-state index contributed by atoms with van der Waals surface area (Å²) in [5, 5.41) is 12.2. The molecule has 3 rings (SSSR count). The van der Waals surface area contributed by atoms with E-state index in [2.05, 4.69) is 34.2 Å². The molecule has 1 heterocycles. The van der Waals surface area contributed by atoms with Crippen LogP contribution in [0.3, 0.4) is 0 Å². The van der Waals surface area contributed by atoms with E-state index < -0.39 is 0 Å². The van der Waals surface area contributed by atoms with Crippen molar-refractivity contribution in [2.24, 2.45) is 0 Å². The van der Waals surface area contributed by atoms with Gasteiger partial charge in [0.05, 0.1) is 30.3 Å². The summed E-state index contributed by atoms with van der Waals surface area (Å²) in [6.45, 7) is 7.33. The predicted octanol–water partition coefficient (Wildman–Crippen LogP) is 3.37. The number of hydrogen-bond donors (Lipinski definition) is 1. The molecule has 1 fully saturated rings. The van der Waals surface area contributed by atoms with Crippen LogP contribution in [0.25, 0.3) is 0 Å². The van der Waals surface area contributed by atoms with Crippen molar-refractivity contribution in [3.05, 3.63) is 64.7 Å². The fraction of sp³-hybridized carbons (Fsp3) is 0.391. The summed E-state index contributed by atoms with van der Waals surface area (Å²) in [6, 6.07) is 17.3. The lowest BCUT2D eigenvalue weighted by Crippen LogP contribution is -2.47. The van der Waals surface area contributed by atoms with Crippen LogP contribution in [0.5, 0.6) is 0 Å². The molecule has 7 heteroatoms. The molecule has 0 aliphatic carbocycles. The quantitative estimate of drug-likeness (QED) is 0.700. The number of ether oxygens (including phenoxy) is 1. The van der Waals surface area contributed by atoms with Crippen LogP contribution in [-0.4, -0.2) is 61.1 Å². The van der Waals surface area contributed by atoms with Crippen LogP contribution in [-0.2, 0) is 16.1 Å². The third-order valence-electron chi connectivity index (χ3n) is 5.20. The first-order valence-electron chi connectivity index (χ1n) is 10.1. The van der Waals surface area contributed by atoms with E-state index in [1.54, 1.807) is 18.2 Å². The van der Waals surface area contributed by atoms with Crippen molar-refractivity contribution in [2.75, 3.05) is 44.7 Å². The van der Waals surface area contributed by atoms with Crippen LogP contribution in [0.2, 0.25) is 5.02 Å². The Morgan fingerprint density at radius 2 is 2.00 bits per heavy atom. The lowest BCUT2D eigenvalue weighted by molar-refractivity contribution is -0.118. The van der Waals surface area contributed by atoms with Gasteiger partial charge in [-0.1, -0.05) is 41.9 Å². The van der Waals surface area contributed by atoms with E-state index in [-0.39, 0.29) is 18.5 Å². The molecule has 1 unspecified atom stereocenters. The number of morpholine rings is 1. The third-order valence-corrected chi connectivity index (χ3v) is 5.51. The first kappa shape index (κ1) is 22.3. The molecular formula is C23H27ClN4O2. The van der Waals surface area contributed by atoms with E-state index in [4.69, 9.17) is 21.6 Å². The Labute approximate surface area is 183 Å². The molecule has 0 saturated carbocycles. The summed E-state index contributed by atoms with van der Waals surface area (Å²) >= 11 is 6.08. The van der Waals surface area contributed by atoms with Crippen LogP contribution in [0.4, 0.5) is 5.69 Å². The number of amides is 1. The molecule has 158 valence electrons. The SMILES string of the molecule is CC(CN1CCOCC1)N(CC(=O)Nc1ccc(C#N)c(Cl)c1)Cc1ccccc1. The highest BCUT2D eigenvalue weighted by Gasteiger charge is 2.21. The van der Waals surface area contributed by atoms with Gasteiger partial charge in [0.25, 0.3) is 0 Å². The molecule has 1 aliphatic heterocycles. The number of hydrogen-bond acceptors (Lipinski definition) is 5. The Balaban J connectivity index is 1.66. The minimum Gasteiger partial charge on any atom is -0.379 e. The lowest BCUT2D eigenvalue weighted by atomic mass is 10.1. The third kappa shape index (κ3) is 6.54. The van der Waals surface area contributed by atoms with E-state index in [9.17, 15) is 4.79 Å². The van der Waals surface area contributed by atoms with Crippen molar-refractivity contribution in [3.8, 4) is 6.07 Å². The van der Waals surface area contributed by atoms with Gasteiger partial charge in [-0.2, -0.15) is 5.26 Å². The molecule has 30 heavy (non-hydrogen) atoms. The molecule has 1 amide bonds. The Kier molecular flexibility index (Phi) is 8.23. The molecule has 1 aliphatic rings. The summed E-state index contributed by atoms with van der Waals surface area (Å²) < 4.78 is 5.44. The monoisotopic (exact) mass is 426 g/mol. The van der Waals surface area contributed by atoms with Gasteiger partial charge in [-0.15, -0.1) is 0 Å². The van der Waals surface area contributed by atoms with E-state index in [0.29, 0.717) is 22.8 Å². The van der Waals surface area contributed by atoms with Gasteiger partial charge in [0.15, 0.2) is 0 Å². The molecular weight excluding hydrogens is 400 g/mol. The summed E-state index contributed by atoms with van der Waals surface area (Å²) in [5.74, 6) is -0.111. The van der Waals surface area contributed by atoms with Crippen LogP contribution in [0, 0.1) is 11.3 Å². The topological polar surface area (TPSA) is 68.6 Å². The predicted molar refractivity (Wildman–Crippen MR) is 118 cm³/mol. The maximum atomic E-state index is 12.8. The maximum absolute atomic E-state index is 12.8. The standard InChI is InChI=1S/C23H27ClN4O2/c1-18(15-27-9-11-30-12-10-27)28(16-19-5-3-2-4-6-19)17-23(29)26-21-8-7-20(14-25)22(24)13-21/h2-8,13,18H,9-12,15-17H2,1H3,(H,26,29). The Morgan fingerprint density at radius 1 is 1.27 bits per heavy atom. The Bertz CT molecular complexity index is 879.